The molecule has 0 aliphatic carbocycles. The van der Waals surface area contributed by atoms with Crippen molar-refractivity contribution in [1.82, 2.24) is 15.6 Å². The molecule has 0 bridgehead atoms. The van der Waals surface area contributed by atoms with Crippen molar-refractivity contribution < 1.29 is 14.3 Å². The third-order valence-electron chi connectivity index (χ3n) is 3.45. The van der Waals surface area contributed by atoms with Crippen molar-refractivity contribution in [2.45, 2.75) is 6.92 Å². The number of benzene rings is 2. The molecule has 8 heteroatoms. The second kappa shape index (κ2) is 8.41. The van der Waals surface area contributed by atoms with Gasteiger partial charge < -0.3 is 4.74 Å². The Morgan fingerprint density at radius 3 is 2.74 bits per heavy atom. The summed E-state index contributed by atoms with van der Waals surface area (Å²) in [5.74, 6) is -0.515. The lowest BCUT2D eigenvalue weighted by Gasteiger charge is -2.05. The fourth-order valence-corrected chi connectivity index (χ4v) is 2.60. The van der Waals surface area contributed by atoms with Crippen LogP contribution < -0.4 is 10.2 Å². The second-order valence-corrected chi connectivity index (χ2v) is 6.52. The highest BCUT2D eigenvalue weighted by molar-refractivity contribution is 9.10. The monoisotopic (exact) mass is 426 g/mol. The van der Waals surface area contributed by atoms with Crippen molar-refractivity contribution in [1.29, 1.82) is 0 Å². The lowest BCUT2D eigenvalue weighted by Crippen LogP contribution is -2.18. The van der Waals surface area contributed by atoms with E-state index in [2.05, 4.69) is 36.7 Å². The number of ether oxygens (including phenoxy) is 1. The van der Waals surface area contributed by atoms with Crippen molar-refractivity contribution in [3.05, 3.63) is 81.6 Å². The van der Waals surface area contributed by atoms with Crippen molar-refractivity contribution in [3.8, 4) is 5.75 Å². The van der Waals surface area contributed by atoms with Crippen LogP contribution in [0.25, 0.3) is 0 Å². The van der Waals surface area contributed by atoms with Crippen LogP contribution in [0.5, 0.6) is 5.75 Å². The highest BCUT2D eigenvalue weighted by Gasteiger charge is 2.09. The predicted molar refractivity (Wildman–Crippen MR) is 104 cm³/mol. The van der Waals surface area contributed by atoms with Gasteiger partial charge in [-0.05, 0) is 48.9 Å². The van der Waals surface area contributed by atoms with Gasteiger partial charge >= 0.3 is 5.97 Å². The molecule has 0 atom stereocenters. The summed E-state index contributed by atoms with van der Waals surface area (Å²) in [6, 6.07) is 15.4. The predicted octanol–water partition coefficient (Wildman–Crippen LogP) is 3.46. The molecule has 0 aliphatic rings. The van der Waals surface area contributed by atoms with E-state index in [0.29, 0.717) is 16.9 Å². The Bertz CT molecular complexity index is 1010. The normalized spacial score (nSPS) is 10.7. The van der Waals surface area contributed by atoms with Gasteiger partial charge in [0.1, 0.15) is 5.75 Å². The summed E-state index contributed by atoms with van der Waals surface area (Å²) in [7, 11) is 0. The molecule has 2 N–H and O–H groups in total. The summed E-state index contributed by atoms with van der Waals surface area (Å²) in [6.07, 6.45) is 1.45. The van der Waals surface area contributed by atoms with E-state index in [0.717, 1.165) is 10.2 Å². The number of halogens is 1. The van der Waals surface area contributed by atoms with Crippen LogP contribution in [0, 0.1) is 6.92 Å². The van der Waals surface area contributed by atoms with Gasteiger partial charge in [0.2, 0.25) is 0 Å². The van der Waals surface area contributed by atoms with Crippen LogP contribution in [0.15, 0.2) is 64.2 Å². The molecule has 3 aromatic rings. The minimum atomic E-state index is -0.465. The quantitative estimate of drug-likeness (QED) is 0.282. The van der Waals surface area contributed by atoms with E-state index in [1.54, 1.807) is 55.5 Å². The first-order chi connectivity index (χ1) is 13.0. The number of hydrazone groups is 1. The van der Waals surface area contributed by atoms with Gasteiger partial charge in [-0.15, -0.1) is 0 Å². The number of nitrogens with one attached hydrogen (secondary N) is 2. The maximum atomic E-state index is 12.2. The molecule has 1 heterocycles. The lowest BCUT2D eigenvalue weighted by molar-refractivity contribution is 0.0734. The largest absolute Gasteiger partial charge is 0.423 e. The van der Waals surface area contributed by atoms with E-state index in [1.807, 2.05) is 6.07 Å². The van der Waals surface area contributed by atoms with Crippen LogP contribution in [0.3, 0.4) is 0 Å². The Kier molecular flexibility index (Phi) is 5.77. The van der Waals surface area contributed by atoms with Crippen molar-refractivity contribution in [2.24, 2.45) is 5.10 Å². The third kappa shape index (κ3) is 5.11. The van der Waals surface area contributed by atoms with E-state index in [4.69, 9.17) is 4.74 Å². The van der Waals surface area contributed by atoms with Crippen molar-refractivity contribution >= 4 is 34.0 Å². The molecule has 0 saturated carbocycles. The maximum absolute atomic E-state index is 12.2. The highest BCUT2D eigenvalue weighted by atomic mass is 79.9. The smallest absolute Gasteiger partial charge is 0.343 e. The number of amides is 1. The Morgan fingerprint density at radius 2 is 2.00 bits per heavy atom. The van der Waals surface area contributed by atoms with Crippen molar-refractivity contribution in [3.63, 3.8) is 0 Å². The molecule has 27 heavy (non-hydrogen) atoms. The zero-order chi connectivity index (χ0) is 19.2. The number of aryl methyl sites for hydroxylation is 1. The van der Waals surface area contributed by atoms with E-state index in [1.165, 1.54) is 6.21 Å². The Morgan fingerprint density at radius 1 is 1.19 bits per heavy atom. The molecule has 0 unspecified atom stereocenters. The summed E-state index contributed by atoms with van der Waals surface area (Å²) < 4.78 is 6.16. The molecule has 0 fully saturated rings. The molecule has 2 aromatic carbocycles. The minimum Gasteiger partial charge on any atom is -0.423 e. The number of rotatable bonds is 5. The number of H-pyrrole nitrogens is 1. The molecule has 1 aromatic heterocycles. The molecular formula is C19H15BrN4O3. The summed E-state index contributed by atoms with van der Waals surface area (Å²) in [5, 5.41) is 10.4. The third-order valence-corrected chi connectivity index (χ3v) is 3.94. The maximum Gasteiger partial charge on any atom is 0.343 e. The van der Waals surface area contributed by atoms with Crippen LogP contribution in [-0.4, -0.2) is 28.3 Å². The molecule has 0 radical (unpaired) electrons. The number of nitrogens with zero attached hydrogens (tertiary/aromatic N) is 2. The standard InChI is InChI=1S/C19H15BrN4O3/c1-12-8-17(23-22-12)18(25)24-21-11-13-4-2-7-16(9-13)27-19(26)14-5-3-6-15(20)10-14/h2-11H,1H3,(H,22,23)(H,24,25)/b21-11+. The highest BCUT2D eigenvalue weighted by Crippen LogP contribution is 2.16. The zero-order valence-electron chi connectivity index (χ0n) is 14.3. The van der Waals surface area contributed by atoms with Crippen LogP contribution >= 0.6 is 15.9 Å². The molecule has 0 spiro atoms. The van der Waals surface area contributed by atoms with Gasteiger partial charge in [0.05, 0.1) is 11.8 Å². The Labute approximate surface area is 163 Å². The van der Waals surface area contributed by atoms with Crippen molar-refractivity contribution in [2.75, 3.05) is 0 Å². The SMILES string of the molecule is Cc1cc(C(=O)N/N=C/c2cccc(OC(=O)c3cccc(Br)c3)c2)n[nH]1. The lowest BCUT2D eigenvalue weighted by atomic mass is 10.2. The van der Waals surface area contributed by atoms with Gasteiger partial charge in [0.25, 0.3) is 5.91 Å². The van der Waals surface area contributed by atoms with E-state index in [9.17, 15) is 9.59 Å². The van der Waals surface area contributed by atoms with Crippen LogP contribution in [0.2, 0.25) is 0 Å². The minimum absolute atomic E-state index is 0.251. The first-order valence-corrected chi connectivity index (χ1v) is 8.74. The fourth-order valence-electron chi connectivity index (χ4n) is 2.20. The molecule has 136 valence electrons. The van der Waals surface area contributed by atoms with Crippen LogP contribution in [-0.2, 0) is 0 Å². The van der Waals surface area contributed by atoms with Gasteiger partial charge in [-0.25, -0.2) is 10.2 Å². The number of carbonyl (C=O) groups excluding carboxylic acids is 2. The van der Waals surface area contributed by atoms with E-state index < -0.39 is 11.9 Å². The van der Waals surface area contributed by atoms with E-state index >= 15 is 0 Å². The molecular weight excluding hydrogens is 412 g/mol. The van der Waals surface area contributed by atoms with Gasteiger partial charge in [-0.3, -0.25) is 9.89 Å². The number of esters is 1. The average Bonchev–Trinajstić information content (AvgIpc) is 3.08. The molecule has 1 amide bonds. The number of hydrogen-bond donors (Lipinski definition) is 2. The van der Waals surface area contributed by atoms with Crippen LogP contribution in [0.4, 0.5) is 0 Å². The molecule has 0 saturated heterocycles. The molecule has 0 aliphatic heterocycles. The number of hydrogen-bond acceptors (Lipinski definition) is 5. The van der Waals surface area contributed by atoms with Gasteiger partial charge in [0.15, 0.2) is 5.69 Å². The van der Waals surface area contributed by atoms with Gasteiger partial charge in [0, 0.05) is 10.2 Å². The Hall–Kier alpha value is -3.26. The van der Waals surface area contributed by atoms with Crippen LogP contribution in [0.1, 0.15) is 32.1 Å². The number of aromatic amines is 1. The zero-order valence-corrected chi connectivity index (χ0v) is 15.9. The summed E-state index contributed by atoms with van der Waals surface area (Å²) in [4.78, 5) is 24.1. The number of aromatic nitrogens is 2. The summed E-state index contributed by atoms with van der Waals surface area (Å²) in [5.41, 5.74) is 4.52. The summed E-state index contributed by atoms with van der Waals surface area (Å²) >= 11 is 3.32. The topological polar surface area (TPSA) is 96.4 Å². The summed E-state index contributed by atoms with van der Waals surface area (Å²) in [6.45, 7) is 1.80. The average molecular weight is 427 g/mol. The van der Waals surface area contributed by atoms with Gasteiger partial charge in [-0.2, -0.15) is 10.2 Å². The van der Waals surface area contributed by atoms with E-state index in [-0.39, 0.29) is 5.69 Å². The molecule has 7 nitrogen and oxygen atoms in total. The Balaban J connectivity index is 1.63. The first kappa shape index (κ1) is 18.5. The van der Waals surface area contributed by atoms with Gasteiger partial charge in [-0.1, -0.05) is 34.1 Å². The second-order valence-electron chi connectivity index (χ2n) is 5.61. The molecule has 3 rings (SSSR count). The first-order valence-electron chi connectivity index (χ1n) is 7.94. The number of carbonyl (C=O) groups is 2. The fraction of sp³-hybridized carbons (Fsp3) is 0.0526.